The quantitative estimate of drug-likeness (QED) is 0.670. The highest BCUT2D eigenvalue weighted by atomic mass is 79.9. The lowest BCUT2D eigenvalue weighted by Crippen LogP contribution is -2.41. The van der Waals surface area contributed by atoms with Crippen molar-refractivity contribution in [3.63, 3.8) is 0 Å². The fourth-order valence-corrected chi connectivity index (χ4v) is 3.38. The fourth-order valence-electron chi connectivity index (χ4n) is 3.01. The van der Waals surface area contributed by atoms with Crippen LogP contribution in [0, 0.1) is 5.92 Å². The highest BCUT2D eigenvalue weighted by molar-refractivity contribution is 9.10. The van der Waals surface area contributed by atoms with Crippen molar-refractivity contribution >= 4 is 28.0 Å². The van der Waals surface area contributed by atoms with Crippen LogP contribution in [0.1, 0.15) is 56.8 Å². The second-order valence-electron chi connectivity index (χ2n) is 7.81. The molecule has 1 N–H and O–H groups in total. The van der Waals surface area contributed by atoms with Gasteiger partial charge in [-0.15, -0.1) is 0 Å². The number of carbonyl (C=O) groups is 2. The molecule has 0 unspecified atom stereocenters. The molecule has 1 aliphatic rings. The molecule has 1 fully saturated rings. The molecule has 0 aromatic heterocycles. The number of carbonyl (C=O) groups excluding carboxylic acids is 2. The van der Waals surface area contributed by atoms with Gasteiger partial charge in [0.05, 0.1) is 23.8 Å². The van der Waals surface area contributed by atoms with E-state index in [1.165, 1.54) is 7.11 Å². The van der Waals surface area contributed by atoms with Gasteiger partial charge < -0.3 is 19.5 Å². The topological polar surface area (TPSA) is 73.9 Å². The van der Waals surface area contributed by atoms with Crippen LogP contribution in [0.15, 0.2) is 22.7 Å². The summed E-state index contributed by atoms with van der Waals surface area (Å²) >= 11 is 3.45. The lowest BCUT2D eigenvalue weighted by Gasteiger charge is -2.30. The van der Waals surface area contributed by atoms with Gasteiger partial charge in [-0.05, 0) is 86.5 Å². The lowest BCUT2D eigenvalue weighted by molar-refractivity contribution is 0.0482. The summed E-state index contributed by atoms with van der Waals surface area (Å²) in [5.41, 5.74) is -0.0256. The number of ether oxygens (including phenoxy) is 3. The number of hydrogen-bond donors (Lipinski definition) is 1. The SMILES string of the molecule is COC(=O)c1ccc(Br)c(OCC2CCC(NC(=O)OC(C)(C)C)CC2)c1. The van der Waals surface area contributed by atoms with Crippen LogP contribution in [0.3, 0.4) is 0 Å². The van der Waals surface area contributed by atoms with Gasteiger partial charge in [0.2, 0.25) is 0 Å². The van der Waals surface area contributed by atoms with Crippen LogP contribution >= 0.6 is 15.9 Å². The van der Waals surface area contributed by atoms with Gasteiger partial charge in [0.15, 0.2) is 0 Å². The van der Waals surface area contributed by atoms with Gasteiger partial charge >= 0.3 is 12.1 Å². The van der Waals surface area contributed by atoms with E-state index in [2.05, 4.69) is 21.2 Å². The van der Waals surface area contributed by atoms with Gasteiger partial charge in [0, 0.05) is 6.04 Å². The van der Waals surface area contributed by atoms with E-state index < -0.39 is 5.60 Å². The van der Waals surface area contributed by atoms with Crippen LogP contribution in [-0.4, -0.2) is 37.4 Å². The Morgan fingerprint density at radius 3 is 2.44 bits per heavy atom. The Morgan fingerprint density at radius 1 is 1.19 bits per heavy atom. The number of hydrogen-bond acceptors (Lipinski definition) is 5. The highest BCUT2D eigenvalue weighted by Gasteiger charge is 2.25. The molecule has 0 spiro atoms. The number of rotatable bonds is 5. The van der Waals surface area contributed by atoms with Crippen LogP contribution in [0.4, 0.5) is 4.79 Å². The Kier molecular flexibility index (Phi) is 7.53. The van der Waals surface area contributed by atoms with E-state index >= 15 is 0 Å². The molecule has 6 nitrogen and oxygen atoms in total. The van der Waals surface area contributed by atoms with Crippen molar-refractivity contribution in [3.05, 3.63) is 28.2 Å². The normalized spacial score (nSPS) is 19.9. The molecule has 150 valence electrons. The maximum atomic E-state index is 11.9. The van der Waals surface area contributed by atoms with Crippen molar-refractivity contribution < 1.29 is 23.8 Å². The number of amides is 1. The number of alkyl carbamates (subject to hydrolysis) is 1. The van der Waals surface area contributed by atoms with Gasteiger partial charge in [0.1, 0.15) is 11.4 Å². The summed E-state index contributed by atoms with van der Waals surface area (Å²) in [6, 6.07) is 5.30. The van der Waals surface area contributed by atoms with E-state index in [1.54, 1.807) is 18.2 Å². The molecule has 7 heteroatoms. The van der Waals surface area contributed by atoms with Crippen molar-refractivity contribution in [2.75, 3.05) is 13.7 Å². The molecule has 1 aromatic rings. The molecule has 2 rings (SSSR count). The average Bonchev–Trinajstić information content (AvgIpc) is 2.60. The predicted octanol–water partition coefficient (Wildman–Crippen LogP) is 4.70. The first-order chi connectivity index (χ1) is 12.7. The summed E-state index contributed by atoms with van der Waals surface area (Å²) < 4.78 is 16.8. The Morgan fingerprint density at radius 2 is 1.85 bits per heavy atom. The smallest absolute Gasteiger partial charge is 0.407 e. The van der Waals surface area contributed by atoms with Gasteiger partial charge in [0.25, 0.3) is 0 Å². The highest BCUT2D eigenvalue weighted by Crippen LogP contribution is 2.30. The van der Waals surface area contributed by atoms with E-state index in [1.807, 2.05) is 20.8 Å². The van der Waals surface area contributed by atoms with Gasteiger partial charge in [-0.3, -0.25) is 0 Å². The van der Waals surface area contributed by atoms with Crippen molar-refractivity contribution in [3.8, 4) is 5.75 Å². The second kappa shape index (κ2) is 9.44. The maximum absolute atomic E-state index is 11.9. The number of benzene rings is 1. The summed E-state index contributed by atoms with van der Waals surface area (Å²) in [4.78, 5) is 23.5. The average molecular weight is 442 g/mol. The van der Waals surface area contributed by atoms with Crippen molar-refractivity contribution in [1.82, 2.24) is 5.32 Å². The molecular weight excluding hydrogens is 414 g/mol. The first kappa shape index (κ1) is 21.5. The first-order valence-electron chi connectivity index (χ1n) is 9.18. The Bertz CT molecular complexity index is 663. The summed E-state index contributed by atoms with van der Waals surface area (Å²) in [5, 5.41) is 2.94. The zero-order chi connectivity index (χ0) is 20.0. The van der Waals surface area contributed by atoms with E-state index in [-0.39, 0.29) is 18.1 Å². The summed E-state index contributed by atoms with van der Waals surface area (Å²) in [7, 11) is 1.36. The fraction of sp³-hybridized carbons (Fsp3) is 0.600. The Balaban J connectivity index is 1.80. The molecule has 0 heterocycles. The lowest BCUT2D eigenvalue weighted by atomic mass is 9.86. The standard InChI is InChI=1S/C20H28BrNO5/c1-20(2,3)27-19(24)22-15-8-5-13(6-9-15)12-26-17-11-14(18(23)25-4)7-10-16(17)21/h7,10-11,13,15H,5-6,8-9,12H2,1-4H3,(H,22,24). The molecule has 1 amide bonds. The molecule has 0 atom stereocenters. The van der Waals surface area contributed by atoms with E-state index in [4.69, 9.17) is 14.2 Å². The van der Waals surface area contributed by atoms with Crippen molar-refractivity contribution in [2.24, 2.45) is 5.92 Å². The third-order valence-corrected chi connectivity index (χ3v) is 5.05. The van der Waals surface area contributed by atoms with Crippen LogP contribution < -0.4 is 10.1 Å². The molecule has 0 bridgehead atoms. The Labute approximate surface area is 169 Å². The monoisotopic (exact) mass is 441 g/mol. The second-order valence-corrected chi connectivity index (χ2v) is 8.67. The molecule has 1 aromatic carbocycles. The van der Waals surface area contributed by atoms with E-state index in [0.717, 1.165) is 30.2 Å². The predicted molar refractivity (Wildman–Crippen MR) is 106 cm³/mol. The molecule has 1 aliphatic carbocycles. The summed E-state index contributed by atoms with van der Waals surface area (Å²) in [6.45, 7) is 6.14. The molecule has 0 radical (unpaired) electrons. The summed E-state index contributed by atoms with van der Waals surface area (Å²) in [6.07, 6.45) is 3.38. The van der Waals surface area contributed by atoms with Crippen molar-refractivity contribution in [2.45, 2.75) is 58.1 Å². The molecule has 0 saturated heterocycles. The first-order valence-corrected chi connectivity index (χ1v) is 9.97. The van der Waals surface area contributed by atoms with Gasteiger partial charge in [-0.25, -0.2) is 9.59 Å². The maximum Gasteiger partial charge on any atom is 0.407 e. The third-order valence-electron chi connectivity index (χ3n) is 4.39. The van der Waals surface area contributed by atoms with E-state index in [0.29, 0.717) is 23.8 Å². The summed E-state index contributed by atoms with van der Waals surface area (Å²) in [5.74, 6) is 0.656. The Hall–Kier alpha value is -1.76. The van der Waals surface area contributed by atoms with Gasteiger partial charge in [-0.2, -0.15) is 0 Å². The minimum Gasteiger partial charge on any atom is -0.492 e. The van der Waals surface area contributed by atoms with Crippen LogP contribution in [0.5, 0.6) is 5.75 Å². The molecular formula is C20H28BrNO5. The zero-order valence-electron chi connectivity index (χ0n) is 16.3. The number of halogens is 1. The van der Waals surface area contributed by atoms with Crippen LogP contribution in [0.2, 0.25) is 0 Å². The van der Waals surface area contributed by atoms with Gasteiger partial charge in [-0.1, -0.05) is 0 Å². The molecule has 1 saturated carbocycles. The largest absolute Gasteiger partial charge is 0.492 e. The number of methoxy groups -OCH3 is 1. The number of esters is 1. The number of nitrogens with one attached hydrogen (secondary N) is 1. The minimum atomic E-state index is -0.485. The third kappa shape index (κ3) is 7.05. The van der Waals surface area contributed by atoms with Crippen molar-refractivity contribution in [1.29, 1.82) is 0 Å². The zero-order valence-corrected chi connectivity index (χ0v) is 17.9. The molecule has 27 heavy (non-hydrogen) atoms. The van der Waals surface area contributed by atoms with E-state index in [9.17, 15) is 9.59 Å². The molecule has 0 aliphatic heterocycles. The van der Waals surface area contributed by atoms with Crippen LogP contribution in [-0.2, 0) is 9.47 Å². The van der Waals surface area contributed by atoms with Crippen LogP contribution in [0.25, 0.3) is 0 Å². The minimum absolute atomic E-state index is 0.144.